The van der Waals surface area contributed by atoms with Gasteiger partial charge in [0.1, 0.15) is 5.01 Å². The number of carbonyl (C=O) groups is 1. The highest BCUT2D eigenvalue weighted by atomic mass is 32.2. The minimum atomic E-state index is 0.0877. The van der Waals surface area contributed by atoms with E-state index in [9.17, 15) is 4.79 Å². The Morgan fingerprint density at radius 2 is 2.13 bits per heavy atom. The summed E-state index contributed by atoms with van der Waals surface area (Å²) < 4.78 is 6.66. The summed E-state index contributed by atoms with van der Waals surface area (Å²) in [6, 6.07) is 8.13. The van der Waals surface area contributed by atoms with E-state index < -0.39 is 0 Å². The molecule has 0 saturated heterocycles. The van der Waals surface area contributed by atoms with Gasteiger partial charge in [-0.2, -0.15) is 0 Å². The molecule has 0 fully saturated rings. The van der Waals surface area contributed by atoms with Gasteiger partial charge in [0.2, 0.25) is 5.91 Å². The number of thioether (sulfide) groups is 1. The van der Waals surface area contributed by atoms with Gasteiger partial charge in [-0.05, 0) is 25.0 Å². The molecule has 1 N–H and O–H groups in total. The van der Waals surface area contributed by atoms with E-state index in [0.717, 1.165) is 48.8 Å². The molecule has 0 atom stereocenters. The fourth-order valence-electron chi connectivity index (χ4n) is 2.01. The maximum atomic E-state index is 11.8. The molecule has 2 rings (SSSR count). The predicted molar refractivity (Wildman–Crippen MR) is 99.1 cm³/mol. The second kappa shape index (κ2) is 10.6. The van der Waals surface area contributed by atoms with Crippen molar-refractivity contribution < 1.29 is 9.53 Å². The van der Waals surface area contributed by atoms with E-state index in [-0.39, 0.29) is 5.91 Å². The van der Waals surface area contributed by atoms with Crippen molar-refractivity contribution in [2.75, 3.05) is 25.5 Å². The van der Waals surface area contributed by atoms with Crippen molar-refractivity contribution in [3.05, 3.63) is 29.3 Å². The Bertz CT molecular complexity index is 568. The van der Waals surface area contributed by atoms with Gasteiger partial charge < -0.3 is 10.1 Å². The quantitative estimate of drug-likeness (QED) is 0.624. The Labute approximate surface area is 146 Å². The topological polar surface area (TPSA) is 51.2 Å². The van der Waals surface area contributed by atoms with E-state index >= 15 is 0 Å². The number of thiazole rings is 1. The van der Waals surface area contributed by atoms with Crippen molar-refractivity contribution in [1.82, 2.24) is 10.3 Å². The van der Waals surface area contributed by atoms with Crippen molar-refractivity contribution in [1.29, 1.82) is 0 Å². The molecule has 6 heteroatoms. The van der Waals surface area contributed by atoms with Gasteiger partial charge in [0.05, 0.1) is 16.0 Å². The van der Waals surface area contributed by atoms with Crippen LogP contribution in [0.4, 0.5) is 0 Å². The molecule has 0 saturated carbocycles. The zero-order valence-electron chi connectivity index (χ0n) is 13.5. The predicted octanol–water partition coefficient (Wildman–Crippen LogP) is 3.85. The molecule has 0 unspecified atom stereocenters. The summed E-state index contributed by atoms with van der Waals surface area (Å²) >= 11 is 3.31. The SMILES string of the molecule is CCCCOCCCNC(=O)CSCc1nc2ccccc2s1. The van der Waals surface area contributed by atoms with Crippen LogP contribution in [0.5, 0.6) is 0 Å². The number of fused-ring (bicyclic) bond motifs is 1. The molecule has 0 radical (unpaired) electrons. The molecule has 0 bridgehead atoms. The molecule has 1 aromatic carbocycles. The van der Waals surface area contributed by atoms with Gasteiger partial charge in [-0.15, -0.1) is 23.1 Å². The molecule has 1 heterocycles. The summed E-state index contributed by atoms with van der Waals surface area (Å²) in [4.78, 5) is 16.3. The second-order valence-corrected chi connectivity index (χ2v) is 7.34. The van der Waals surface area contributed by atoms with Gasteiger partial charge in [0, 0.05) is 25.5 Å². The fraction of sp³-hybridized carbons (Fsp3) is 0.529. The van der Waals surface area contributed by atoms with Crippen molar-refractivity contribution in [3.63, 3.8) is 0 Å². The average Bonchev–Trinajstić information content (AvgIpc) is 2.96. The molecule has 0 aliphatic heterocycles. The van der Waals surface area contributed by atoms with Crippen LogP contribution in [-0.2, 0) is 15.3 Å². The number of para-hydroxylation sites is 1. The van der Waals surface area contributed by atoms with E-state index in [1.54, 1.807) is 23.1 Å². The number of carbonyl (C=O) groups excluding carboxylic acids is 1. The molecule has 126 valence electrons. The molecule has 2 aromatic rings. The van der Waals surface area contributed by atoms with Crippen molar-refractivity contribution in [2.45, 2.75) is 31.9 Å². The van der Waals surface area contributed by atoms with Crippen molar-refractivity contribution in [2.24, 2.45) is 0 Å². The van der Waals surface area contributed by atoms with Crippen LogP contribution in [0, 0.1) is 0 Å². The smallest absolute Gasteiger partial charge is 0.230 e. The van der Waals surface area contributed by atoms with Crippen LogP contribution in [0.1, 0.15) is 31.2 Å². The molecule has 1 amide bonds. The van der Waals surface area contributed by atoms with Crippen LogP contribution in [-0.4, -0.2) is 36.4 Å². The first kappa shape index (κ1) is 18.2. The van der Waals surface area contributed by atoms with E-state index in [1.807, 2.05) is 18.2 Å². The number of hydrogen-bond acceptors (Lipinski definition) is 5. The molecule has 23 heavy (non-hydrogen) atoms. The maximum Gasteiger partial charge on any atom is 0.230 e. The van der Waals surface area contributed by atoms with Crippen molar-refractivity contribution in [3.8, 4) is 0 Å². The van der Waals surface area contributed by atoms with Crippen LogP contribution < -0.4 is 5.32 Å². The summed E-state index contributed by atoms with van der Waals surface area (Å²) in [6.45, 7) is 4.38. The van der Waals surface area contributed by atoms with Crippen LogP contribution in [0.3, 0.4) is 0 Å². The number of unbranched alkanes of at least 4 members (excludes halogenated alkanes) is 1. The first-order valence-corrected chi connectivity index (χ1v) is 10.0. The minimum Gasteiger partial charge on any atom is -0.381 e. The van der Waals surface area contributed by atoms with Gasteiger partial charge in [0.15, 0.2) is 0 Å². The third kappa shape index (κ3) is 6.89. The molecule has 4 nitrogen and oxygen atoms in total. The highest BCUT2D eigenvalue weighted by molar-refractivity contribution is 7.99. The highest BCUT2D eigenvalue weighted by Gasteiger charge is 2.05. The fourth-order valence-corrected chi connectivity index (χ4v) is 3.89. The lowest BCUT2D eigenvalue weighted by atomic mass is 10.3. The van der Waals surface area contributed by atoms with E-state index in [2.05, 4.69) is 23.3 Å². The Kier molecular flexibility index (Phi) is 8.42. The van der Waals surface area contributed by atoms with Gasteiger partial charge >= 0.3 is 0 Å². The Hall–Kier alpha value is -1.11. The van der Waals surface area contributed by atoms with Gasteiger partial charge in [-0.3, -0.25) is 4.79 Å². The molecular weight excluding hydrogens is 328 g/mol. The Morgan fingerprint density at radius 3 is 2.96 bits per heavy atom. The first-order valence-electron chi connectivity index (χ1n) is 8.06. The summed E-state index contributed by atoms with van der Waals surface area (Å²) in [7, 11) is 0. The summed E-state index contributed by atoms with van der Waals surface area (Å²) in [5.74, 6) is 1.35. The lowest BCUT2D eigenvalue weighted by Gasteiger charge is -2.05. The maximum absolute atomic E-state index is 11.8. The van der Waals surface area contributed by atoms with E-state index in [1.165, 1.54) is 4.70 Å². The zero-order chi connectivity index (χ0) is 16.3. The third-order valence-corrected chi connectivity index (χ3v) is 5.39. The third-order valence-electron chi connectivity index (χ3n) is 3.23. The van der Waals surface area contributed by atoms with Gasteiger partial charge in [-0.25, -0.2) is 4.98 Å². The number of aromatic nitrogens is 1. The van der Waals surface area contributed by atoms with Crippen LogP contribution in [0.25, 0.3) is 10.2 Å². The largest absolute Gasteiger partial charge is 0.381 e. The molecule has 0 aliphatic rings. The minimum absolute atomic E-state index is 0.0877. The number of rotatable bonds is 11. The first-order chi connectivity index (χ1) is 11.3. The summed E-state index contributed by atoms with van der Waals surface area (Å²) in [5.41, 5.74) is 1.04. The molecule has 0 aliphatic carbocycles. The summed E-state index contributed by atoms with van der Waals surface area (Å²) in [6.07, 6.45) is 3.13. The molecule has 1 aromatic heterocycles. The number of nitrogens with one attached hydrogen (secondary N) is 1. The lowest BCUT2D eigenvalue weighted by molar-refractivity contribution is -0.118. The highest BCUT2D eigenvalue weighted by Crippen LogP contribution is 2.24. The normalized spacial score (nSPS) is 11.0. The Morgan fingerprint density at radius 1 is 1.30 bits per heavy atom. The monoisotopic (exact) mass is 352 g/mol. The molecular formula is C17H24N2O2S2. The van der Waals surface area contributed by atoms with Crippen LogP contribution >= 0.6 is 23.1 Å². The zero-order valence-corrected chi connectivity index (χ0v) is 15.2. The summed E-state index contributed by atoms with van der Waals surface area (Å²) in [5, 5.41) is 4.01. The standard InChI is InChI=1S/C17H24N2O2S2/c1-2-3-10-21-11-6-9-18-16(20)12-22-13-17-19-14-7-4-5-8-15(14)23-17/h4-5,7-8H,2-3,6,9-13H2,1H3,(H,18,20). The van der Waals surface area contributed by atoms with Crippen molar-refractivity contribution >= 4 is 39.2 Å². The average molecular weight is 353 g/mol. The van der Waals surface area contributed by atoms with E-state index in [4.69, 9.17) is 4.74 Å². The number of ether oxygens (including phenoxy) is 1. The second-order valence-electron chi connectivity index (χ2n) is 5.24. The van der Waals surface area contributed by atoms with Crippen LogP contribution in [0.15, 0.2) is 24.3 Å². The van der Waals surface area contributed by atoms with Gasteiger partial charge in [0.25, 0.3) is 0 Å². The number of amides is 1. The molecule has 0 spiro atoms. The lowest BCUT2D eigenvalue weighted by Crippen LogP contribution is -2.27. The number of nitrogens with zero attached hydrogens (tertiary/aromatic N) is 1. The van der Waals surface area contributed by atoms with Gasteiger partial charge in [-0.1, -0.05) is 25.5 Å². The number of benzene rings is 1. The number of hydrogen-bond donors (Lipinski definition) is 1. The Balaban J connectivity index is 1.54. The van der Waals surface area contributed by atoms with Crippen LogP contribution in [0.2, 0.25) is 0 Å². The van der Waals surface area contributed by atoms with E-state index in [0.29, 0.717) is 12.3 Å².